The predicted octanol–water partition coefficient (Wildman–Crippen LogP) is 2.66. The Kier molecular flexibility index (Phi) is 4.47. The van der Waals surface area contributed by atoms with Gasteiger partial charge in [-0.3, -0.25) is 9.63 Å². The van der Waals surface area contributed by atoms with Gasteiger partial charge in [0, 0.05) is 17.2 Å². The lowest BCUT2D eigenvalue weighted by Crippen LogP contribution is -2.25. The number of thiophene rings is 1. The summed E-state index contributed by atoms with van der Waals surface area (Å²) in [4.78, 5) is 17.3. The number of hydrogen-bond acceptors (Lipinski definition) is 4. The second-order valence-electron chi connectivity index (χ2n) is 3.94. The molecule has 1 heterocycles. The summed E-state index contributed by atoms with van der Waals surface area (Å²) in [6, 6.07) is 4.81. The molecule has 0 bridgehead atoms. The normalized spacial score (nSPS) is 10.9. The Morgan fingerprint density at radius 3 is 2.89 bits per heavy atom. The van der Waals surface area contributed by atoms with E-state index in [4.69, 9.17) is 9.57 Å². The van der Waals surface area contributed by atoms with Crippen LogP contribution in [0.5, 0.6) is 0 Å². The van der Waals surface area contributed by atoms with Gasteiger partial charge < -0.3 is 4.74 Å². The van der Waals surface area contributed by atoms with Gasteiger partial charge in [-0.2, -0.15) is 0 Å². The number of carbonyl (C=O) groups excluding carboxylic acids is 1. The summed E-state index contributed by atoms with van der Waals surface area (Å²) in [7, 11) is 1.55. The van der Waals surface area contributed by atoms with Crippen LogP contribution in [0.3, 0.4) is 0 Å². The smallest absolute Gasteiger partial charge is 0.285 e. The maximum Gasteiger partial charge on any atom is 0.285 e. The molecule has 0 spiro atoms. The zero-order chi connectivity index (χ0) is 13.8. The van der Waals surface area contributed by atoms with Gasteiger partial charge in [-0.25, -0.2) is 9.87 Å². The minimum absolute atomic E-state index is 0.264. The molecule has 0 saturated carbocycles. The van der Waals surface area contributed by atoms with E-state index in [-0.39, 0.29) is 18.3 Å². The first-order chi connectivity index (χ1) is 9.15. The van der Waals surface area contributed by atoms with Crippen molar-refractivity contribution in [3.8, 4) is 0 Å². The van der Waals surface area contributed by atoms with E-state index in [1.54, 1.807) is 26.2 Å². The number of ether oxygens (including phenoxy) is 1. The molecule has 0 fully saturated rings. The van der Waals surface area contributed by atoms with Crippen LogP contribution >= 0.6 is 11.3 Å². The van der Waals surface area contributed by atoms with Crippen molar-refractivity contribution < 1.29 is 18.8 Å². The monoisotopic (exact) mass is 283 g/mol. The number of rotatable bonds is 5. The van der Waals surface area contributed by atoms with Crippen molar-refractivity contribution in [1.82, 2.24) is 5.48 Å². The molecule has 0 aliphatic rings. The summed E-state index contributed by atoms with van der Waals surface area (Å²) in [6.07, 6.45) is 0. The topological polar surface area (TPSA) is 47.6 Å². The van der Waals surface area contributed by atoms with Crippen LogP contribution in [0, 0.1) is 12.7 Å². The molecular weight excluding hydrogens is 269 g/mol. The van der Waals surface area contributed by atoms with Crippen LogP contribution < -0.4 is 5.48 Å². The first kappa shape index (κ1) is 13.9. The van der Waals surface area contributed by atoms with Crippen LogP contribution in [0.2, 0.25) is 0 Å². The molecule has 102 valence electrons. The number of hydroxylamine groups is 1. The first-order valence-electron chi connectivity index (χ1n) is 5.74. The van der Waals surface area contributed by atoms with E-state index in [0.717, 1.165) is 4.70 Å². The molecule has 2 rings (SSSR count). The van der Waals surface area contributed by atoms with Gasteiger partial charge in [0.05, 0.1) is 18.1 Å². The van der Waals surface area contributed by atoms with Gasteiger partial charge in [-0.15, -0.1) is 11.3 Å². The molecule has 0 radical (unpaired) electrons. The average Bonchev–Trinajstić information content (AvgIpc) is 2.73. The largest absolute Gasteiger partial charge is 0.382 e. The molecule has 1 amide bonds. The van der Waals surface area contributed by atoms with Gasteiger partial charge in [0.2, 0.25) is 0 Å². The summed E-state index contributed by atoms with van der Waals surface area (Å²) in [5, 5.41) is 0.495. The van der Waals surface area contributed by atoms with Gasteiger partial charge in [0.25, 0.3) is 5.91 Å². The van der Waals surface area contributed by atoms with Gasteiger partial charge in [-0.05, 0) is 24.6 Å². The van der Waals surface area contributed by atoms with E-state index in [1.165, 1.54) is 17.4 Å². The van der Waals surface area contributed by atoms with E-state index in [1.807, 2.05) is 0 Å². The lowest BCUT2D eigenvalue weighted by Gasteiger charge is -2.04. The van der Waals surface area contributed by atoms with E-state index >= 15 is 0 Å². The minimum Gasteiger partial charge on any atom is -0.382 e. The van der Waals surface area contributed by atoms with Crippen LogP contribution in [-0.4, -0.2) is 26.2 Å². The van der Waals surface area contributed by atoms with E-state index in [2.05, 4.69) is 5.48 Å². The molecule has 2 aromatic rings. The summed E-state index contributed by atoms with van der Waals surface area (Å²) < 4.78 is 19.2. The number of amides is 1. The van der Waals surface area contributed by atoms with Gasteiger partial charge in [0.15, 0.2) is 0 Å². The Morgan fingerprint density at radius 1 is 1.42 bits per heavy atom. The number of nitrogens with one attached hydrogen (secondary N) is 1. The molecule has 1 aromatic heterocycles. The van der Waals surface area contributed by atoms with Crippen LogP contribution in [-0.2, 0) is 9.57 Å². The molecule has 0 aliphatic heterocycles. The number of carbonyl (C=O) groups is 1. The fourth-order valence-electron chi connectivity index (χ4n) is 1.76. The SMILES string of the molecule is COCCONC(=O)c1sc2cccc(F)c2c1C. The molecule has 1 N–H and O–H groups in total. The van der Waals surface area contributed by atoms with E-state index in [0.29, 0.717) is 22.4 Å². The van der Waals surface area contributed by atoms with Gasteiger partial charge in [-0.1, -0.05) is 6.07 Å². The minimum atomic E-state index is -0.366. The van der Waals surface area contributed by atoms with Crippen LogP contribution in [0.4, 0.5) is 4.39 Å². The molecule has 0 saturated heterocycles. The Bertz CT molecular complexity index is 597. The number of halogens is 1. The first-order valence-corrected chi connectivity index (χ1v) is 6.55. The zero-order valence-electron chi connectivity index (χ0n) is 10.7. The Hall–Kier alpha value is -1.50. The lowest BCUT2D eigenvalue weighted by atomic mass is 10.1. The highest BCUT2D eigenvalue weighted by Crippen LogP contribution is 2.32. The third-order valence-electron chi connectivity index (χ3n) is 2.66. The van der Waals surface area contributed by atoms with Gasteiger partial charge in [0.1, 0.15) is 5.82 Å². The molecule has 0 unspecified atom stereocenters. The highest BCUT2D eigenvalue weighted by atomic mass is 32.1. The maximum atomic E-state index is 13.7. The van der Waals surface area contributed by atoms with Crippen LogP contribution in [0.25, 0.3) is 10.1 Å². The number of benzene rings is 1. The summed E-state index contributed by atoms with van der Waals surface area (Å²) >= 11 is 1.25. The second-order valence-corrected chi connectivity index (χ2v) is 4.99. The molecule has 0 aliphatic carbocycles. The third-order valence-corrected chi connectivity index (χ3v) is 3.92. The quantitative estimate of drug-likeness (QED) is 0.678. The number of fused-ring (bicyclic) bond motifs is 1. The molecule has 0 atom stereocenters. The fourth-order valence-corrected chi connectivity index (χ4v) is 2.87. The fraction of sp³-hybridized carbons (Fsp3) is 0.308. The molecule has 1 aromatic carbocycles. The Morgan fingerprint density at radius 2 is 2.21 bits per heavy atom. The molecule has 4 nitrogen and oxygen atoms in total. The van der Waals surface area contributed by atoms with Crippen molar-refractivity contribution in [3.63, 3.8) is 0 Å². The zero-order valence-corrected chi connectivity index (χ0v) is 11.5. The van der Waals surface area contributed by atoms with Crippen LogP contribution in [0.15, 0.2) is 18.2 Å². The molecule has 6 heteroatoms. The highest BCUT2D eigenvalue weighted by molar-refractivity contribution is 7.21. The van der Waals surface area contributed by atoms with Crippen molar-refractivity contribution >= 4 is 27.3 Å². The van der Waals surface area contributed by atoms with Crippen molar-refractivity contribution in [1.29, 1.82) is 0 Å². The molecule has 19 heavy (non-hydrogen) atoms. The van der Waals surface area contributed by atoms with E-state index < -0.39 is 0 Å². The van der Waals surface area contributed by atoms with E-state index in [9.17, 15) is 9.18 Å². The third kappa shape index (κ3) is 2.91. The summed E-state index contributed by atoms with van der Waals surface area (Å²) in [6.45, 7) is 2.38. The lowest BCUT2D eigenvalue weighted by molar-refractivity contribution is 0.00912. The standard InChI is InChI=1S/C13H14FNO3S/c1-8-11-9(14)4-3-5-10(11)19-12(8)13(16)15-18-7-6-17-2/h3-5H,6-7H2,1-2H3,(H,15,16). The van der Waals surface area contributed by atoms with Crippen molar-refractivity contribution in [2.75, 3.05) is 20.3 Å². The predicted molar refractivity (Wildman–Crippen MR) is 71.8 cm³/mol. The van der Waals surface area contributed by atoms with Crippen molar-refractivity contribution in [3.05, 3.63) is 34.5 Å². The van der Waals surface area contributed by atoms with Gasteiger partial charge >= 0.3 is 0 Å². The Balaban J connectivity index is 2.18. The Labute approximate surface area is 114 Å². The van der Waals surface area contributed by atoms with Crippen LogP contribution in [0.1, 0.15) is 15.2 Å². The number of hydrogen-bond donors (Lipinski definition) is 1. The molecular formula is C13H14FNO3S. The summed E-state index contributed by atoms with van der Waals surface area (Å²) in [5.74, 6) is -0.681. The van der Waals surface area contributed by atoms with Crippen molar-refractivity contribution in [2.45, 2.75) is 6.92 Å². The summed E-state index contributed by atoms with van der Waals surface area (Å²) in [5.41, 5.74) is 2.95. The average molecular weight is 283 g/mol. The number of methoxy groups -OCH3 is 1. The van der Waals surface area contributed by atoms with Crippen molar-refractivity contribution in [2.24, 2.45) is 0 Å². The second kappa shape index (κ2) is 6.10. The number of aryl methyl sites for hydroxylation is 1. The maximum absolute atomic E-state index is 13.7. The highest BCUT2D eigenvalue weighted by Gasteiger charge is 2.17.